The average molecular weight is 266 g/mol. The molecule has 0 amide bonds. The third-order valence-corrected chi connectivity index (χ3v) is 3.65. The van der Waals surface area contributed by atoms with Crippen LogP contribution in [0, 0.1) is 0 Å². The van der Waals surface area contributed by atoms with Gasteiger partial charge in [0.2, 0.25) is 0 Å². The summed E-state index contributed by atoms with van der Waals surface area (Å²) in [7, 11) is 0. The summed E-state index contributed by atoms with van der Waals surface area (Å²) in [4.78, 5) is 11.9. The van der Waals surface area contributed by atoms with Crippen molar-refractivity contribution in [2.75, 3.05) is 0 Å². The number of ketones is 1. The summed E-state index contributed by atoms with van der Waals surface area (Å²) in [5, 5.41) is 0. The van der Waals surface area contributed by atoms with Crippen LogP contribution in [-0.2, 0) is 4.79 Å². The first kappa shape index (κ1) is 16.1. The Labute approximate surface area is 117 Å². The zero-order valence-electron chi connectivity index (χ0n) is 12.6. The predicted octanol–water partition coefficient (Wildman–Crippen LogP) is 5.31. The molecule has 0 bridgehead atoms. The number of rotatable bonds is 8. The van der Waals surface area contributed by atoms with Crippen molar-refractivity contribution < 1.29 is 9.18 Å². The second-order valence-electron chi connectivity index (χ2n) is 5.99. The van der Waals surface area contributed by atoms with Crippen molar-refractivity contribution in [1.82, 2.24) is 0 Å². The Hall–Kier alpha value is -0.920. The summed E-state index contributed by atoms with van der Waals surface area (Å²) >= 11 is 0. The minimum atomic E-state index is -1.26. The van der Waals surface area contributed by atoms with Crippen molar-refractivity contribution >= 4 is 5.78 Å². The molecular formula is C17H27FO. The van der Waals surface area contributed by atoms with Crippen LogP contribution in [0.4, 0.5) is 4.39 Å². The molecule has 0 saturated heterocycles. The van der Waals surface area contributed by atoms with E-state index in [-0.39, 0.29) is 5.78 Å². The number of carbonyl (C=O) groups is 1. The van der Waals surface area contributed by atoms with Gasteiger partial charge in [0.15, 0.2) is 0 Å². The maximum Gasteiger partial charge on any atom is 0.137 e. The summed E-state index contributed by atoms with van der Waals surface area (Å²) < 4.78 is 13.9. The van der Waals surface area contributed by atoms with E-state index in [0.29, 0.717) is 12.8 Å². The van der Waals surface area contributed by atoms with E-state index in [2.05, 4.69) is 13.0 Å². The van der Waals surface area contributed by atoms with Crippen LogP contribution >= 0.6 is 0 Å². The molecule has 0 fully saturated rings. The Kier molecular flexibility index (Phi) is 6.47. The molecule has 0 saturated carbocycles. The number of Topliss-reactive ketones (excluding diaryl/α,β-unsaturated/α-hetero) is 1. The van der Waals surface area contributed by atoms with Crippen LogP contribution in [0.3, 0.4) is 0 Å². The first-order valence-electron chi connectivity index (χ1n) is 7.54. The van der Waals surface area contributed by atoms with Crippen molar-refractivity contribution in [2.24, 2.45) is 0 Å². The van der Waals surface area contributed by atoms with Gasteiger partial charge < -0.3 is 0 Å². The Balaban J connectivity index is 2.42. The normalized spacial score (nSPS) is 16.0. The van der Waals surface area contributed by atoms with Gasteiger partial charge in [-0.15, -0.1) is 0 Å². The molecule has 1 aliphatic carbocycles. The summed E-state index contributed by atoms with van der Waals surface area (Å²) in [5.41, 5.74) is 0.570. The molecule has 1 rings (SSSR count). The molecule has 0 atom stereocenters. The SMILES string of the molecule is CCCCCCC(=O)CC1=CCCC(C(C)(C)F)=C1. The highest BCUT2D eigenvalue weighted by atomic mass is 19.1. The van der Waals surface area contributed by atoms with Gasteiger partial charge in [-0.3, -0.25) is 4.79 Å². The summed E-state index contributed by atoms with van der Waals surface area (Å²) in [6, 6.07) is 0. The molecule has 0 unspecified atom stereocenters. The Bertz CT molecular complexity index is 358. The number of alkyl halides is 1. The molecule has 0 spiro atoms. The van der Waals surface area contributed by atoms with E-state index < -0.39 is 5.67 Å². The maximum absolute atomic E-state index is 13.9. The standard InChI is InChI=1S/C17H27FO/c1-4-5-6-7-11-16(19)13-14-9-8-10-15(12-14)17(2,3)18/h9,12H,4-8,10-11,13H2,1-3H3. The van der Waals surface area contributed by atoms with E-state index in [4.69, 9.17) is 0 Å². The molecule has 0 aromatic rings. The van der Waals surface area contributed by atoms with Crippen molar-refractivity contribution in [3.05, 3.63) is 23.3 Å². The van der Waals surface area contributed by atoms with Gasteiger partial charge in [0, 0.05) is 12.8 Å². The lowest BCUT2D eigenvalue weighted by Gasteiger charge is -2.22. The zero-order valence-corrected chi connectivity index (χ0v) is 12.6. The van der Waals surface area contributed by atoms with Gasteiger partial charge in [-0.05, 0) is 44.3 Å². The smallest absolute Gasteiger partial charge is 0.137 e. The van der Waals surface area contributed by atoms with Crippen LogP contribution in [0.1, 0.15) is 72.1 Å². The van der Waals surface area contributed by atoms with Crippen LogP contribution in [0.15, 0.2) is 23.3 Å². The third-order valence-electron chi connectivity index (χ3n) is 3.65. The molecule has 0 N–H and O–H groups in total. The molecular weight excluding hydrogens is 239 g/mol. The molecule has 0 aromatic carbocycles. The Morgan fingerprint density at radius 1 is 1.32 bits per heavy atom. The van der Waals surface area contributed by atoms with E-state index >= 15 is 0 Å². The lowest BCUT2D eigenvalue weighted by atomic mass is 9.88. The first-order valence-corrected chi connectivity index (χ1v) is 7.54. The molecule has 2 heteroatoms. The summed E-state index contributed by atoms with van der Waals surface area (Å²) in [6.45, 7) is 5.35. The largest absolute Gasteiger partial charge is 0.299 e. The van der Waals surface area contributed by atoms with Crippen LogP contribution in [0.2, 0.25) is 0 Å². The minimum absolute atomic E-state index is 0.288. The molecule has 108 valence electrons. The number of halogens is 1. The molecule has 0 heterocycles. The van der Waals surface area contributed by atoms with Crippen molar-refractivity contribution in [3.63, 3.8) is 0 Å². The van der Waals surface area contributed by atoms with Gasteiger partial charge >= 0.3 is 0 Å². The highest BCUT2D eigenvalue weighted by Crippen LogP contribution is 2.30. The average Bonchev–Trinajstić information content (AvgIpc) is 2.34. The molecule has 0 aliphatic heterocycles. The van der Waals surface area contributed by atoms with Gasteiger partial charge in [-0.1, -0.05) is 38.3 Å². The number of hydrogen-bond acceptors (Lipinski definition) is 1. The molecule has 1 nitrogen and oxygen atoms in total. The zero-order chi connectivity index (χ0) is 14.3. The van der Waals surface area contributed by atoms with Gasteiger partial charge in [-0.2, -0.15) is 0 Å². The number of unbranched alkanes of at least 4 members (excludes halogenated alkanes) is 3. The molecule has 19 heavy (non-hydrogen) atoms. The Morgan fingerprint density at radius 2 is 2.05 bits per heavy atom. The molecule has 1 aliphatic rings. The van der Waals surface area contributed by atoms with E-state index in [1.165, 1.54) is 12.8 Å². The van der Waals surface area contributed by atoms with E-state index in [9.17, 15) is 9.18 Å². The summed E-state index contributed by atoms with van der Waals surface area (Å²) in [6.07, 6.45) is 11.3. The van der Waals surface area contributed by atoms with Crippen LogP contribution in [0.25, 0.3) is 0 Å². The summed E-state index contributed by atoms with van der Waals surface area (Å²) in [5.74, 6) is 0.288. The second-order valence-corrected chi connectivity index (χ2v) is 5.99. The lowest BCUT2D eigenvalue weighted by Crippen LogP contribution is -2.17. The lowest BCUT2D eigenvalue weighted by molar-refractivity contribution is -0.118. The van der Waals surface area contributed by atoms with Gasteiger partial charge in [-0.25, -0.2) is 4.39 Å². The molecule has 0 aromatic heterocycles. The van der Waals surface area contributed by atoms with E-state index in [1.54, 1.807) is 13.8 Å². The number of hydrogen-bond donors (Lipinski definition) is 0. The van der Waals surface area contributed by atoms with Crippen LogP contribution < -0.4 is 0 Å². The fourth-order valence-electron chi connectivity index (χ4n) is 2.43. The number of allylic oxidation sites excluding steroid dienone is 4. The maximum atomic E-state index is 13.9. The van der Waals surface area contributed by atoms with Crippen molar-refractivity contribution in [1.29, 1.82) is 0 Å². The highest BCUT2D eigenvalue weighted by molar-refractivity contribution is 5.81. The minimum Gasteiger partial charge on any atom is -0.299 e. The van der Waals surface area contributed by atoms with Gasteiger partial charge in [0.25, 0.3) is 0 Å². The molecule has 0 radical (unpaired) electrons. The highest BCUT2D eigenvalue weighted by Gasteiger charge is 2.23. The van der Waals surface area contributed by atoms with Crippen molar-refractivity contribution in [2.45, 2.75) is 77.8 Å². The fraction of sp³-hybridized carbons (Fsp3) is 0.706. The number of carbonyl (C=O) groups excluding carboxylic acids is 1. The second kappa shape index (κ2) is 7.62. The van der Waals surface area contributed by atoms with Crippen molar-refractivity contribution in [3.8, 4) is 0 Å². The van der Waals surface area contributed by atoms with Crippen LogP contribution in [-0.4, -0.2) is 11.5 Å². The third kappa shape index (κ3) is 6.17. The van der Waals surface area contributed by atoms with Gasteiger partial charge in [0.1, 0.15) is 11.5 Å². The van der Waals surface area contributed by atoms with E-state index in [0.717, 1.165) is 36.8 Å². The van der Waals surface area contributed by atoms with Gasteiger partial charge in [0.05, 0.1) is 0 Å². The fourth-order valence-corrected chi connectivity index (χ4v) is 2.43. The Morgan fingerprint density at radius 3 is 2.68 bits per heavy atom. The quantitative estimate of drug-likeness (QED) is 0.544. The monoisotopic (exact) mass is 266 g/mol. The van der Waals surface area contributed by atoms with Crippen LogP contribution in [0.5, 0.6) is 0 Å². The van der Waals surface area contributed by atoms with E-state index in [1.807, 2.05) is 6.08 Å². The predicted molar refractivity (Wildman–Crippen MR) is 79.0 cm³/mol. The topological polar surface area (TPSA) is 17.1 Å². The first-order chi connectivity index (χ1) is 8.93.